The van der Waals surface area contributed by atoms with Crippen molar-refractivity contribution in [3.05, 3.63) is 10.8 Å². The molecule has 0 bridgehead atoms. The van der Waals surface area contributed by atoms with Gasteiger partial charge in [-0.15, -0.1) is 10.2 Å². The van der Waals surface area contributed by atoms with Crippen molar-refractivity contribution >= 4 is 16.3 Å². The van der Waals surface area contributed by atoms with Gasteiger partial charge >= 0.3 is 6.18 Å². The Kier molecular flexibility index (Phi) is 3.63. The summed E-state index contributed by atoms with van der Waals surface area (Å²) in [6.45, 7) is -0.916. The lowest BCUT2D eigenvalue weighted by Crippen LogP contribution is -2.28. The molecule has 2 aromatic heterocycles. The molecule has 5 nitrogen and oxygen atoms in total. The molecular formula is C11H14F3N5S. The molecule has 1 aliphatic carbocycles. The summed E-state index contributed by atoms with van der Waals surface area (Å²) in [6, 6.07) is 0. The highest BCUT2D eigenvalue weighted by Crippen LogP contribution is 2.33. The quantitative estimate of drug-likeness (QED) is 0.943. The number of nitrogens with zero attached hydrogens (tertiary/aromatic N) is 4. The van der Waals surface area contributed by atoms with E-state index in [-0.39, 0.29) is 6.54 Å². The molecule has 1 aliphatic rings. The van der Waals surface area contributed by atoms with Gasteiger partial charge in [-0.05, 0) is 12.8 Å². The van der Waals surface area contributed by atoms with Gasteiger partial charge in [0, 0.05) is 5.92 Å². The molecule has 0 spiro atoms. The first kappa shape index (κ1) is 13.7. The lowest BCUT2D eigenvalue weighted by molar-refractivity contribution is -0.125. The van der Waals surface area contributed by atoms with E-state index in [9.17, 15) is 13.2 Å². The van der Waals surface area contributed by atoms with E-state index in [0.29, 0.717) is 15.9 Å². The van der Waals surface area contributed by atoms with Crippen molar-refractivity contribution < 1.29 is 13.2 Å². The maximum absolute atomic E-state index is 12.1. The Hall–Kier alpha value is -1.22. The van der Waals surface area contributed by atoms with Crippen molar-refractivity contribution in [3.63, 3.8) is 0 Å². The van der Waals surface area contributed by atoms with Crippen LogP contribution in [0.1, 0.15) is 42.4 Å². The van der Waals surface area contributed by atoms with E-state index in [4.69, 9.17) is 0 Å². The molecule has 0 aromatic carbocycles. The highest BCUT2D eigenvalue weighted by Gasteiger charge is 2.27. The van der Waals surface area contributed by atoms with Gasteiger partial charge in [0.15, 0.2) is 5.82 Å². The Balaban J connectivity index is 1.71. The monoisotopic (exact) mass is 305 g/mol. The maximum Gasteiger partial charge on any atom is 0.401 e. The molecule has 0 atom stereocenters. The minimum Gasteiger partial charge on any atom is -0.302 e. The van der Waals surface area contributed by atoms with Gasteiger partial charge < -0.3 is 5.32 Å². The summed E-state index contributed by atoms with van der Waals surface area (Å²) < 4.78 is 37.9. The van der Waals surface area contributed by atoms with Gasteiger partial charge in [-0.3, -0.25) is 0 Å². The van der Waals surface area contributed by atoms with Crippen LogP contribution in [0, 0.1) is 0 Å². The van der Waals surface area contributed by atoms with Gasteiger partial charge in [0.2, 0.25) is 4.96 Å². The van der Waals surface area contributed by atoms with Gasteiger partial charge in [0.1, 0.15) is 5.01 Å². The van der Waals surface area contributed by atoms with Gasteiger partial charge in [0.25, 0.3) is 0 Å². The first-order valence-electron chi connectivity index (χ1n) is 6.51. The third-order valence-corrected chi connectivity index (χ3v) is 4.28. The molecule has 2 heterocycles. The van der Waals surface area contributed by atoms with Crippen LogP contribution in [0.15, 0.2) is 0 Å². The fraction of sp³-hybridized carbons (Fsp3) is 0.727. The summed E-state index contributed by atoms with van der Waals surface area (Å²) in [6.07, 6.45) is 0.335. The van der Waals surface area contributed by atoms with Gasteiger partial charge in [-0.25, -0.2) is 0 Å². The van der Waals surface area contributed by atoms with E-state index in [1.807, 2.05) is 0 Å². The molecule has 0 saturated heterocycles. The number of hydrogen-bond acceptors (Lipinski definition) is 5. The molecule has 1 N–H and O–H groups in total. The van der Waals surface area contributed by atoms with Crippen LogP contribution in [0.4, 0.5) is 13.2 Å². The normalized spacial score (nSPS) is 17.4. The van der Waals surface area contributed by atoms with Crippen LogP contribution in [0.3, 0.4) is 0 Å². The van der Waals surface area contributed by atoms with E-state index in [0.717, 1.165) is 18.7 Å². The van der Waals surface area contributed by atoms with Crippen molar-refractivity contribution in [3.8, 4) is 0 Å². The summed E-state index contributed by atoms with van der Waals surface area (Å²) >= 11 is 1.28. The van der Waals surface area contributed by atoms with Crippen LogP contribution in [0.5, 0.6) is 0 Å². The Morgan fingerprint density at radius 1 is 1.25 bits per heavy atom. The second-order valence-corrected chi connectivity index (χ2v) is 5.99. The third-order valence-electron chi connectivity index (χ3n) is 3.38. The van der Waals surface area contributed by atoms with E-state index in [1.165, 1.54) is 24.2 Å². The molecule has 0 amide bonds. The largest absolute Gasteiger partial charge is 0.401 e. The van der Waals surface area contributed by atoms with Crippen molar-refractivity contribution in [1.82, 2.24) is 25.1 Å². The highest BCUT2D eigenvalue weighted by molar-refractivity contribution is 7.16. The zero-order chi connectivity index (χ0) is 14.2. The summed E-state index contributed by atoms with van der Waals surface area (Å²) in [5, 5.41) is 15.5. The fourth-order valence-electron chi connectivity index (χ4n) is 2.49. The van der Waals surface area contributed by atoms with Crippen LogP contribution < -0.4 is 5.32 Å². The molecule has 3 rings (SSSR count). The van der Waals surface area contributed by atoms with Crippen LogP contribution in [0.2, 0.25) is 0 Å². The highest BCUT2D eigenvalue weighted by atomic mass is 32.1. The molecular weight excluding hydrogens is 291 g/mol. The van der Waals surface area contributed by atoms with Gasteiger partial charge in [-0.2, -0.15) is 22.8 Å². The molecule has 0 unspecified atom stereocenters. The molecule has 110 valence electrons. The predicted octanol–water partition coefficient (Wildman–Crippen LogP) is 2.50. The molecule has 1 saturated carbocycles. The number of nitrogens with one attached hydrogen (secondary N) is 1. The van der Waals surface area contributed by atoms with Crippen molar-refractivity contribution in [2.75, 3.05) is 6.54 Å². The molecule has 20 heavy (non-hydrogen) atoms. The number of halogens is 3. The molecule has 0 aliphatic heterocycles. The van der Waals surface area contributed by atoms with Crippen LogP contribution >= 0.6 is 11.3 Å². The maximum atomic E-state index is 12.1. The van der Waals surface area contributed by atoms with Crippen LogP contribution in [-0.4, -0.2) is 32.5 Å². The SMILES string of the molecule is FC(F)(F)CNCc1nn2c(C3CCCC3)nnc2s1. The van der Waals surface area contributed by atoms with Gasteiger partial charge in [-0.1, -0.05) is 24.2 Å². The third kappa shape index (κ3) is 2.93. The van der Waals surface area contributed by atoms with E-state index >= 15 is 0 Å². The van der Waals surface area contributed by atoms with Crippen molar-refractivity contribution in [1.29, 1.82) is 0 Å². The van der Waals surface area contributed by atoms with Crippen LogP contribution in [-0.2, 0) is 6.54 Å². The average molecular weight is 305 g/mol. The zero-order valence-electron chi connectivity index (χ0n) is 10.7. The second kappa shape index (κ2) is 5.28. The Labute approximate surface area is 117 Å². The zero-order valence-corrected chi connectivity index (χ0v) is 11.5. The summed E-state index contributed by atoms with van der Waals surface area (Å²) in [7, 11) is 0. The lowest BCUT2D eigenvalue weighted by Gasteiger charge is -2.06. The van der Waals surface area contributed by atoms with Crippen LogP contribution in [0.25, 0.3) is 4.96 Å². The molecule has 0 radical (unpaired) electrons. The number of alkyl halides is 3. The molecule has 9 heteroatoms. The predicted molar refractivity (Wildman–Crippen MR) is 67.6 cm³/mol. The summed E-state index contributed by atoms with van der Waals surface area (Å²) in [4.78, 5) is 0.649. The number of rotatable bonds is 4. The molecule has 2 aromatic rings. The standard InChI is InChI=1S/C11H14F3N5S/c12-11(13,14)6-15-5-8-18-19-9(7-3-1-2-4-7)16-17-10(19)20-8/h7,15H,1-6H2. The Morgan fingerprint density at radius 3 is 2.70 bits per heavy atom. The second-order valence-electron chi connectivity index (χ2n) is 4.95. The Morgan fingerprint density at radius 2 is 2.00 bits per heavy atom. The van der Waals surface area contributed by atoms with E-state index in [1.54, 1.807) is 4.52 Å². The fourth-order valence-corrected chi connectivity index (χ4v) is 3.30. The van der Waals surface area contributed by atoms with Crippen molar-refractivity contribution in [2.24, 2.45) is 0 Å². The minimum absolute atomic E-state index is 0.0949. The topological polar surface area (TPSA) is 55.1 Å². The number of fused-ring (bicyclic) bond motifs is 1. The smallest absolute Gasteiger partial charge is 0.302 e. The Bertz CT molecular complexity index is 584. The van der Waals surface area contributed by atoms with E-state index in [2.05, 4.69) is 20.6 Å². The first-order valence-corrected chi connectivity index (χ1v) is 7.33. The average Bonchev–Trinajstić information content (AvgIpc) is 3.00. The van der Waals surface area contributed by atoms with E-state index < -0.39 is 12.7 Å². The first-order chi connectivity index (χ1) is 9.53. The van der Waals surface area contributed by atoms with Gasteiger partial charge in [0.05, 0.1) is 13.1 Å². The summed E-state index contributed by atoms with van der Waals surface area (Å²) in [5.74, 6) is 1.22. The number of aromatic nitrogens is 4. The molecule has 1 fully saturated rings. The number of hydrogen-bond donors (Lipinski definition) is 1. The minimum atomic E-state index is -4.20. The lowest BCUT2D eigenvalue weighted by atomic mass is 10.1. The summed E-state index contributed by atoms with van der Waals surface area (Å²) in [5.41, 5.74) is 0. The van der Waals surface area contributed by atoms with Crippen molar-refractivity contribution in [2.45, 2.75) is 44.3 Å².